The van der Waals surface area contributed by atoms with Crippen LogP contribution >= 0.6 is 0 Å². The monoisotopic (exact) mass is 370 g/mol. The molecule has 138 valence electrons. The zero-order valence-electron chi connectivity index (χ0n) is 14.3. The fourth-order valence-electron chi connectivity index (χ4n) is 2.62. The van der Waals surface area contributed by atoms with Gasteiger partial charge in [-0.15, -0.1) is 0 Å². The van der Waals surface area contributed by atoms with E-state index >= 15 is 0 Å². The van der Waals surface area contributed by atoms with Crippen molar-refractivity contribution in [1.29, 1.82) is 0 Å². The number of ether oxygens (including phenoxy) is 1. The van der Waals surface area contributed by atoms with Gasteiger partial charge >= 0.3 is 5.97 Å². The van der Waals surface area contributed by atoms with Gasteiger partial charge in [-0.3, -0.25) is 9.59 Å². The van der Waals surface area contributed by atoms with Crippen molar-refractivity contribution in [3.05, 3.63) is 29.8 Å². The number of nitrogens with one attached hydrogen (secondary N) is 1. The maximum atomic E-state index is 12.8. The standard InChI is InChI=1S/C16H22N2O6S/c1-10-8-18(9-11(2)24-10)25(22,23)14-6-4-5-13(7-14)15(19)17-12(3)16(20)21/h4-7,10-12H,8-9H2,1-3H3,(H,17,19)(H,20,21)/t10?,11?,12-/m1/s1. The van der Waals surface area contributed by atoms with Crippen LogP contribution in [0.4, 0.5) is 0 Å². The molecule has 0 bridgehead atoms. The van der Waals surface area contributed by atoms with E-state index < -0.39 is 27.9 Å². The van der Waals surface area contributed by atoms with Crippen LogP contribution in [0.15, 0.2) is 29.2 Å². The fourth-order valence-corrected chi connectivity index (χ4v) is 4.25. The molecule has 0 saturated carbocycles. The van der Waals surface area contributed by atoms with Crippen LogP contribution in [-0.2, 0) is 19.6 Å². The summed E-state index contributed by atoms with van der Waals surface area (Å²) in [4.78, 5) is 22.9. The molecular weight excluding hydrogens is 348 g/mol. The zero-order valence-corrected chi connectivity index (χ0v) is 15.1. The van der Waals surface area contributed by atoms with Gasteiger partial charge in [0.2, 0.25) is 10.0 Å². The molecule has 2 N–H and O–H groups in total. The molecule has 0 aliphatic carbocycles. The molecule has 0 aromatic heterocycles. The van der Waals surface area contributed by atoms with Gasteiger partial charge in [0.05, 0.1) is 17.1 Å². The second-order valence-electron chi connectivity index (χ2n) is 6.14. The number of sulfonamides is 1. The maximum absolute atomic E-state index is 12.8. The molecule has 1 aliphatic heterocycles. The molecule has 1 saturated heterocycles. The van der Waals surface area contributed by atoms with Gasteiger partial charge in [0.25, 0.3) is 5.91 Å². The lowest BCUT2D eigenvalue weighted by atomic mass is 10.2. The van der Waals surface area contributed by atoms with Crippen molar-refractivity contribution in [2.24, 2.45) is 0 Å². The first kappa shape index (κ1) is 19.4. The van der Waals surface area contributed by atoms with E-state index in [2.05, 4.69) is 5.32 Å². The van der Waals surface area contributed by atoms with Crippen LogP contribution in [0, 0.1) is 0 Å². The predicted molar refractivity (Wildman–Crippen MR) is 89.8 cm³/mol. The Balaban J connectivity index is 2.25. The van der Waals surface area contributed by atoms with E-state index in [1.807, 2.05) is 0 Å². The van der Waals surface area contributed by atoms with Crippen LogP contribution in [0.5, 0.6) is 0 Å². The number of hydrogen-bond donors (Lipinski definition) is 2. The lowest BCUT2D eigenvalue weighted by Crippen LogP contribution is -2.48. The summed E-state index contributed by atoms with van der Waals surface area (Å²) in [6.45, 7) is 5.40. The van der Waals surface area contributed by atoms with Gasteiger partial charge in [0, 0.05) is 18.7 Å². The average molecular weight is 370 g/mol. The van der Waals surface area contributed by atoms with E-state index in [4.69, 9.17) is 9.84 Å². The summed E-state index contributed by atoms with van der Waals surface area (Å²) in [5.74, 6) is -1.82. The van der Waals surface area contributed by atoms with Gasteiger partial charge in [0.1, 0.15) is 6.04 Å². The van der Waals surface area contributed by atoms with Gasteiger partial charge in [-0.2, -0.15) is 4.31 Å². The van der Waals surface area contributed by atoms with Crippen LogP contribution < -0.4 is 5.32 Å². The fraction of sp³-hybridized carbons (Fsp3) is 0.500. The van der Waals surface area contributed by atoms with E-state index in [0.717, 1.165) is 0 Å². The first-order valence-corrected chi connectivity index (χ1v) is 9.34. The third-order valence-electron chi connectivity index (χ3n) is 3.84. The van der Waals surface area contributed by atoms with Crippen molar-refractivity contribution >= 4 is 21.9 Å². The second-order valence-corrected chi connectivity index (χ2v) is 8.08. The van der Waals surface area contributed by atoms with Gasteiger partial charge in [-0.05, 0) is 39.0 Å². The normalized spacial score (nSPS) is 23.0. The van der Waals surface area contributed by atoms with E-state index in [-0.39, 0.29) is 35.8 Å². The quantitative estimate of drug-likeness (QED) is 0.788. The molecule has 2 unspecified atom stereocenters. The summed E-state index contributed by atoms with van der Waals surface area (Å²) in [6, 6.07) is 4.49. The molecule has 1 aliphatic rings. The van der Waals surface area contributed by atoms with E-state index in [1.54, 1.807) is 13.8 Å². The first-order chi connectivity index (χ1) is 11.6. The lowest BCUT2D eigenvalue weighted by molar-refractivity contribution is -0.138. The Morgan fingerprint density at radius 1 is 1.28 bits per heavy atom. The number of carbonyl (C=O) groups excluding carboxylic acids is 1. The molecule has 1 heterocycles. The minimum Gasteiger partial charge on any atom is -0.480 e. The van der Waals surface area contributed by atoms with Gasteiger partial charge in [-0.1, -0.05) is 6.07 Å². The van der Waals surface area contributed by atoms with Gasteiger partial charge < -0.3 is 15.2 Å². The highest BCUT2D eigenvalue weighted by molar-refractivity contribution is 7.89. The molecule has 8 nitrogen and oxygen atoms in total. The summed E-state index contributed by atoms with van der Waals surface area (Å²) >= 11 is 0. The molecule has 1 aromatic carbocycles. The van der Waals surface area contributed by atoms with Gasteiger partial charge in [-0.25, -0.2) is 8.42 Å². The third-order valence-corrected chi connectivity index (χ3v) is 5.67. The Morgan fingerprint density at radius 2 is 1.88 bits per heavy atom. The SMILES string of the molecule is CC1CN(S(=O)(=O)c2cccc(C(=O)N[C@H](C)C(=O)O)c2)CC(C)O1. The number of carbonyl (C=O) groups is 2. The van der Waals surface area contributed by atoms with E-state index in [0.29, 0.717) is 0 Å². The van der Waals surface area contributed by atoms with Crippen LogP contribution in [0.1, 0.15) is 31.1 Å². The predicted octanol–water partition coefficient (Wildman–Crippen LogP) is 0.687. The first-order valence-electron chi connectivity index (χ1n) is 7.90. The summed E-state index contributed by atoms with van der Waals surface area (Å²) in [6.07, 6.45) is -0.442. The maximum Gasteiger partial charge on any atom is 0.325 e. The largest absolute Gasteiger partial charge is 0.480 e. The Morgan fingerprint density at radius 3 is 2.44 bits per heavy atom. The van der Waals surface area contributed by atoms with Crippen molar-refractivity contribution in [3.8, 4) is 0 Å². The van der Waals surface area contributed by atoms with Crippen molar-refractivity contribution in [2.75, 3.05) is 13.1 Å². The number of carboxylic acids is 1. The number of morpholine rings is 1. The lowest BCUT2D eigenvalue weighted by Gasteiger charge is -2.34. The molecule has 3 atom stereocenters. The molecule has 25 heavy (non-hydrogen) atoms. The van der Waals surface area contributed by atoms with Crippen LogP contribution in [0.2, 0.25) is 0 Å². The Hall–Kier alpha value is -1.97. The Bertz CT molecular complexity index is 754. The van der Waals surface area contributed by atoms with E-state index in [1.165, 1.54) is 35.5 Å². The highest BCUT2D eigenvalue weighted by Crippen LogP contribution is 2.22. The number of rotatable bonds is 5. The van der Waals surface area contributed by atoms with Crippen LogP contribution in [0.3, 0.4) is 0 Å². The molecule has 0 radical (unpaired) electrons. The van der Waals surface area contributed by atoms with Crippen LogP contribution in [-0.4, -0.2) is 61.0 Å². The molecule has 9 heteroatoms. The number of benzene rings is 1. The van der Waals surface area contributed by atoms with Crippen molar-refractivity contribution in [3.63, 3.8) is 0 Å². The number of hydrogen-bond acceptors (Lipinski definition) is 5. The van der Waals surface area contributed by atoms with Crippen molar-refractivity contribution in [1.82, 2.24) is 9.62 Å². The minimum absolute atomic E-state index is 0.00979. The summed E-state index contributed by atoms with van der Waals surface area (Å²) in [7, 11) is -3.77. The molecule has 1 aromatic rings. The molecule has 1 amide bonds. The molecule has 0 spiro atoms. The highest BCUT2D eigenvalue weighted by atomic mass is 32.2. The highest BCUT2D eigenvalue weighted by Gasteiger charge is 2.32. The van der Waals surface area contributed by atoms with Crippen molar-refractivity contribution < 1.29 is 27.9 Å². The second kappa shape index (κ2) is 7.51. The topological polar surface area (TPSA) is 113 Å². The number of aliphatic carboxylic acids is 1. The zero-order chi connectivity index (χ0) is 18.8. The molecule has 1 fully saturated rings. The van der Waals surface area contributed by atoms with Crippen LogP contribution in [0.25, 0.3) is 0 Å². The summed E-state index contributed by atoms with van der Waals surface area (Å²) < 4.78 is 32.5. The Kier molecular flexibility index (Phi) is 5.81. The average Bonchev–Trinajstić information content (AvgIpc) is 2.53. The number of nitrogens with zero attached hydrogens (tertiary/aromatic N) is 1. The number of carboxylic acid groups (broad SMARTS) is 1. The van der Waals surface area contributed by atoms with Crippen molar-refractivity contribution in [2.45, 2.75) is 43.9 Å². The van der Waals surface area contributed by atoms with Gasteiger partial charge in [0.15, 0.2) is 0 Å². The Labute approximate surface area is 146 Å². The number of amides is 1. The summed E-state index contributed by atoms with van der Waals surface area (Å²) in [5.41, 5.74) is 0.0866. The molecular formula is C16H22N2O6S. The summed E-state index contributed by atoms with van der Waals surface area (Å²) in [5, 5.41) is 11.2. The minimum atomic E-state index is -3.77. The smallest absolute Gasteiger partial charge is 0.325 e. The molecule has 2 rings (SSSR count). The van der Waals surface area contributed by atoms with E-state index in [9.17, 15) is 18.0 Å². The third kappa shape index (κ3) is 4.56.